The van der Waals surface area contributed by atoms with E-state index in [0.717, 1.165) is 6.07 Å². The second-order valence-electron chi connectivity index (χ2n) is 3.09. The second-order valence-corrected chi connectivity index (χ2v) is 3.09. The first-order valence-corrected chi connectivity index (χ1v) is 4.74. The second kappa shape index (κ2) is 6.50. The maximum Gasteiger partial charge on any atom is 0.387 e. The summed E-state index contributed by atoms with van der Waals surface area (Å²) in [4.78, 5) is 26.2. The van der Waals surface area contributed by atoms with Gasteiger partial charge in [-0.25, -0.2) is 5.48 Å². The Labute approximate surface area is 101 Å². The van der Waals surface area contributed by atoms with E-state index in [0.29, 0.717) is 0 Å². The lowest BCUT2D eigenvalue weighted by Crippen LogP contribution is -2.29. The predicted molar refractivity (Wildman–Crippen MR) is 55.7 cm³/mol. The van der Waals surface area contributed by atoms with Crippen LogP contribution in [0.3, 0.4) is 0 Å². The van der Waals surface area contributed by atoms with Gasteiger partial charge in [-0.2, -0.15) is 8.78 Å². The van der Waals surface area contributed by atoms with E-state index in [-0.39, 0.29) is 11.3 Å². The van der Waals surface area contributed by atoms with E-state index in [9.17, 15) is 18.4 Å². The lowest BCUT2D eigenvalue weighted by Gasteiger charge is -2.07. The normalized spacial score (nSPS) is 10.2. The van der Waals surface area contributed by atoms with Crippen LogP contribution in [-0.2, 0) is 9.63 Å². The zero-order valence-corrected chi connectivity index (χ0v) is 9.06. The lowest BCUT2D eigenvalue weighted by molar-refractivity contribution is -0.124. The monoisotopic (exact) mass is 260 g/mol. The molecule has 8 heteroatoms. The van der Waals surface area contributed by atoms with Crippen molar-refractivity contribution < 1.29 is 27.9 Å². The minimum atomic E-state index is -2.98. The van der Waals surface area contributed by atoms with E-state index in [1.807, 2.05) is 5.48 Å². The number of primary amides is 1. The fraction of sp³-hybridized carbons (Fsp3) is 0.200. The van der Waals surface area contributed by atoms with E-state index in [4.69, 9.17) is 5.73 Å². The summed E-state index contributed by atoms with van der Waals surface area (Å²) in [5, 5.41) is 0. The Morgan fingerprint density at radius 2 is 2.11 bits per heavy atom. The van der Waals surface area contributed by atoms with Crippen molar-refractivity contribution in [1.29, 1.82) is 0 Å². The van der Waals surface area contributed by atoms with Crippen molar-refractivity contribution in [3.8, 4) is 5.75 Å². The molecule has 18 heavy (non-hydrogen) atoms. The van der Waals surface area contributed by atoms with Gasteiger partial charge in [0.1, 0.15) is 5.75 Å². The van der Waals surface area contributed by atoms with Crippen LogP contribution in [0.1, 0.15) is 10.4 Å². The zero-order chi connectivity index (χ0) is 13.5. The van der Waals surface area contributed by atoms with Gasteiger partial charge in [-0.3, -0.25) is 14.4 Å². The quantitative estimate of drug-likeness (QED) is 0.726. The molecule has 1 aromatic rings. The Morgan fingerprint density at radius 1 is 1.39 bits per heavy atom. The van der Waals surface area contributed by atoms with E-state index < -0.39 is 25.0 Å². The predicted octanol–water partition coefficient (Wildman–Crippen LogP) is 0.435. The van der Waals surface area contributed by atoms with Crippen molar-refractivity contribution in [2.75, 3.05) is 6.61 Å². The standard InChI is InChI=1S/C10H10F2N2O4/c11-10(12)18-7-3-1-2-6(4-7)9(16)14-17-5-8(13)15/h1-4,10H,5H2,(H2,13,15)(H,14,16). The number of benzene rings is 1. The molecule has 0 aliphatic rings. The van der Waals surface area contributed by atoms with Crippen molar-refractivity contribution in [3.05, 3.63) is 29.8 Å². The SMILES string of the molecule is NC(=O)CONC(=O)c1cccc(OC(F)F)c1. The molecule has 0 heterocycles. The molecule has 0 unspecified atom stereocenters. The summed E-state index contributed by atoms with van der Waals surface area (Å²) in [6, 6.07) is 5.10. The summed E-state index contributed by atoms with van der Waals surface area (Å²) in [5.74, 6) is -1.63. The number of nitrogens with two attached hydrogens (primary N) is 1. The van der Waals surface area contributed by atoms with Crippen LogP contribution in [0.2, 0.25) is 0 Å². The first-order valence-electron chi connectivity index (χ1n) is 4.74. The number of halogens is 2. The van der Waals surface area contributed by atoms with E-state index in [1.54, 1.807) is 0 Å². The number of hydroxylamine groups is 1. The maximum atomic E-state index is 11.9. The van der Waals surface area contributed by atoms with Crippen molar-refractivity contribution in [2.24, 2.45) is 5.73 Å². The third kappa shape index (κ3) is 4.74. The Hall–Kier alpha value is -2.22. The number of hydrogen-bond acceptors (Lipinski definition) is 4. The number of amides is 2. The summed E-state index contributed by atoms with van der Waals surface area (Å²) in [7, 11) is 0. The molecule has 2 amide bonds. The number of rotatable bonds is 6. The van der Waals surface area contributed by atoms with Gasteiger partial charge >= 0.3 is 6.61 Å². The highest BCUT2D eigenvalue weighted by Crippen LogP contribution is 2.15. The lowest BCUT2D eigenvalue weighted by atomic mass is 10.2. The van der Waals surface area contributed by atoms with E-state index in [2.05, 4.69) is 9.57 Å². The summed E-state index contributed by atoms with van der Waals surface area (Å²) in [5.41, 5.74) is 6.75. The third-order valence-electron chi connectivity index (χ3n) is 1.70. The number of nitrogens with one attached hydrogen (secondary N) is 1. The van der Waals surface area contributed by atoms with Crippen LogP contribution in [0.25, 0.3) is 0 Å². The van der Waals surface area contributed by atoms with Gasteiger partial charge < -0.3 is 10.5 Å². The minimum absolute atomic E-state index is 0.0395. The Kier molecular flexibility index (Phi) is 5.00. The average molecular weight is 260 g/mol. The van der Waals surface area contributed by atoms with Gasteiger partial charge in [0, 0.05) is 5.56 Å². The van der Waals surface area contributed by atoms with Gasteiger partial charge in [-0.15, -0.1) is 0 Å². The van der Waals surface area contributed by atoms with Crippen LogP contribution >= 0.6 is 0 Å². The molecule has 1 rings (SSSR count). The molecule has 98 valence electrons. The minimum Gasteiger partial charge on any atom is -0.435 e. The fourth-order valence-electron chi connectivity index (χ4n) is 1.05. The molecule has 0 aliphatic carbocycles. The molecular formula is C10H10F2N2O4. The van der Waals surface area contributed by atoms with Gasteiger partial charge in [0.2, 0.25) is 5.91 Å². The molecule has 3 N–H and O–H groups in total. The summed E-state index contributed by atoms with van der Waals surface area (Å²) in [6.45, 7) is -3.46. The van der Waals surface area contributed by atoms with Crippen molar-refractivity contribution in [2.45, 2.75) is 6.61 Å². The van der Waals surface area contributed by atoms with Crippen LogP contribution in [0.4, 0.5) is 8.78 Å². The number of carbonyl (C=O) groups excluding carboxylic acids is 2. The molecule has 0 saturated heterocycles. The molecule has 0 aliphatic heterocycles. The van der Waals surface area contributed by atoms with Gasteiger partial charge in [0.15, 0.2) is 6.61 Å². The molecule has 0 radical (unpaired) electrons. The number of alkyl halides is 2. The smallest absolute Gasteiger partial charge is 0.387 e. The van der Waals surface area contributed by atoms with Crippen LogP contribution in [0.5, 0.6) is 5.75 Å². The van der Waals surface area contributed by atoms with Crippen molar-refractivity contribution in [3.63, 3.8) is 0 Å². The van der Waals surface area contributed by atoms with Crippen LogP contribution < -0.4 is 16.0 Å². The number of carbonyl (C=O) groups is 2. The Bertz CT molecular complexity index is 440. The molecule has 0 saturated carbocycles. The first kappa shape index (κ1) is 13.8. The highest BCUT2D eigenvalue weighted by molar-refractivity contribution is 5.93. The topological polar surface area (TPSA) is 90.7 Å². The van der Waals surface area contributed by atoms with Gasteiger partial charge in [-0.1, -0.05) is 6.07 Å². The maximum absolute atomic E-state index is 11.9. The fourth-order valence-corrected chi connectivity index (χ4v) is 1.05. The third-order valence-corrected chi connectivity index (χ3v) is 1.70. The highest BCUT2D eigenvalue weighted by atomic mass is 19.3. The van der Waals surface area contributed by atoms with Gasteiger partial charge in [-0.05, 0) is 18.2 Å². The van der Waals surface area contributed by atoms with Gasteiger partial charge in [0.05, 0.1) is 0 Å². The van der Waals surface area contributed by atoms with Crippen molar-refractivity contribution >= 4 is 11.8 Å². The molecule has 0 spiro atoms. The summed E-state index contributed by atoms with van der Waals surface area (Å²) in [6.07, 6.45) is 0. The number of ether oxygens (including phenoxy) is 1. The summed E-state index contributed by atoms with van der Waals surface area (Å²) < 4.78 is 28.0. The average Bonchev–Trinajstić information content (AvgIpc) is 2.27. The molecule has 0 aromatic heterocycles. The van der Waals surface area contributed by atoms with E-state index in [1.165, 1.54) is 18.2 Å². The highest BCUT2D eigenvalue weighted by Gasteiger charge is 2.09. The summed E-state index contributed by atoms with van der Waals surface area (Å²) >= 11 is 0. The molecule has 6 nitrogen and oxygen atoms in total. The zero-order valence-electron chi connectivity index (χ0n) is 9.06. The largest absolute Gasteiger partial charge is 0.435 e. The van der Waals surface area contributed by atoms with Gasteiger partial charge in [0.25, 0.3) is 5.91 Å². The van der Waals surface area contributed by atoms with Crippen LogP contribution in [0, 0.1) is 0 Å². The first-order chi connectivity index (χ1) is 8.49. The Balaban J connectivity index is 2.59. The molecule has 1 aromatic carbocycles. The van der Waals surface area contributed by atoms with Crippen LogP contribution in [0.15, 0.2) is 24.3 Å². The molecule has 0 bridgehead atoms. The molecule has 0 atom stereocenters. The molecular weight excluding hydrogens is 250 g/mol. The van der Waals surface area contributed by atoms with E-state index >= 15 is 0 Å². The number of hydrogen-bond donors (Lipinski definition) is 2. The van der Waals surface area contributed by atoms with Crippen molar-refractivity contribution in [1.82, 2.24) is 5.48 Å². The van der Waals surface area contributed by atoms with Crippen LogP contribution in [-0.4, -0.2) is 25.0 Å². The Morgan fingerprint density at radius 3 is 2.72 bits per heavy atom. The molecule has 0 fully saturated rings.